The Balaban J connectivity index is 1.98. The quantitative estimate of drug-likeness (QED) is 0.737. The molecule has 2 atom stereocenters. The molecule has 0 aromatic carbocycles. The second kappa shape index (κ2) is 3.22. The smallest absolute Gasteiger partial charge is 0.225 e. The molecule has 5 heteroatoms. The van der Waals surface area contributed by atoms with E-state index < -0.39 is 9.73 Å². The van der Waals surface area contributed by atoms with Crippen LogP contribution in [0.1, 0.15) is 19.3 Å². The summed E-state index contributed by atoms with van der Waals surface area (Å²) in [6.45, 7) is 0. The van der Waals surface area contributed by atoms with Crippen molar-refractivity contribution >= 4 is 15.6 Å². The van der Waals surface area contributed by atoms with Crippen molar-refractivity contribution in [3.63, 3.8) is 0 Å². The molecule has 0 aromatic heterocycles. The van der Waals surface area contributed by atoms with Crippen LogP contribution in [0.3, 0.4) is 0 Å². The average Bonchev–Trinajstić information content (AvgIpc) is 2.89. The van der Waals surface area contributed by atoms with Crippen molar-refractivity contribution in [3.8, 4) is 0 Å². The molecule has 0 aromatic rings. The molecular weight excluding hydrogens is 200 g/mol. The van der Waals surface area contributed by atoms with E-state index in [0.29, 0.717) is 11.5 Å². The molecular formula is C9H16N2O2S. The van der Waals surface area contributed by atoms with Gasteiger partial charge in [-0.1, -0.05) is 0 Å². The van der Waals surface area contributed by atoms with E-state index in [1.807, 2.05) is 0 Å². The molecule has 0 spiro atoms. The molecule has 2 unspecified atom stereocenters. The summed E-state index contributed by atoms with van der Waals surface area (Å²) in [6, 6.07) is 0.0492. The highest BCUT2D eigenvalue weighted by molar-refractivity contribution is 7.92. The van der Waals surface area contributed by atoms with E-state index in [-0.39, 0.29) is 17.9 Å². The third-order valence-electron chi connectivity index (χ3n) is 3.06. The first-order valence-electron chi connectivity index (χ1n) is 5.00. The number of nitrogens with zero attached hydrogens (tertiary/aromatic N) is 1. The number of amides is 1. The standard InChI is InChI=1S/C9H16N2O2S/c1-11(9(12)7-2-3-7)8-4-5-14(10,13)6-8/h7-8,10H,2-6H2,1H3. The summed E-state index contributed by atoms with van der Waals surface area (Å²) < 4.78 is 18.9. The highest BCUT2D eigenvalue weighted by Gasteiger charge is 2.37. The first-order valence-corrected chi connectivity index (χ1v) is 6.90. The van der Waals surface area contributed by atoms with Crippen molar-refractivity contribution in [1.29, 1.82) is 4.78 Å². The third kappa shape index (κ3) is 1.92. The van der Waals surface area contributed by atoms with E-state index in [0.717, 1.165) is 19.3 Å². The van der Waals surface area contributed by atoms with Gasteiger partial charge in [0.15, 0.2) is 0 Å². The summed E-state index contributed by atoms with van der Waals surface area (Å²) in [4.78, 5) is 13.4. The number of rotatable bonds is 2. The minimum absolute atomic E-state index is 0.0492. The second-order valence-corrected chi connectivity index (χ2v) is 6.71. The molecule has 1 saturated carbocycles. The van der Waals surface area contributed by atoms with E-state index in [1.165, 1.54) is 0 Å². The molecule has 4 nitrogen and oxygen atoms in total. The van der Waals surface area contributed by atoms with Gasteiger partial charge in [-0.25, -0.2) is 4.21 Å². The zero-order valence-electron chi connectivity index (χ0n) is 8.36. The average molecular weight is 216 g/mol. The van der Waals surface area contributed by atoms with E-state index >= 15 is 0 Å². The van der Waals surface area contributed by atoms with Gasteiger partial charge in [0.2, 0.25) is 5.91 Å². The minimum Gasteiger partial charge on any atom is -0.342 e. The van der Waals surface area contributed by atoms with Crippen LogP contribution in [0.15, 0.2) is 0 Å². The lowest BCUT2D eigenvalue weighted by Crippen LogP contribution is -2.38. The van der Waals surface area contributed by atoms with Crippen molar-refractivity contribution in [2.45, 2.75) is 25.3 Å². The summed E-state index contributed by atoms with van der Waals surface area (Å²) >= 11 is 0. The molecule has 2 aliphatic rings. The normalized spacial score (nSPS) is 37.1. The molecule has 0 radical (unpaired) electrons. The maximum Gasteiger partial charge on any atom is 0.225 e. The first-order chi connectivity index (χ1) is 6.49. The van der Waals surface area contributed by atoms with Gasteiger partial charge < -0.3 is 4.90 Å². The fourth-order valence-electron chi connectivity index (χ4n) is 1.91. The molecule has 2 rings (SSSR count). The van der Waals surface area contributed by atoms with Gasteiger partial charge in [0.25, 0.3) is 0 Å². The molecule has 1 aliphatic carbocycles. The largest absolute Gasteiger partial charge is 0.342 e. The highest BCUT2D eigenvalue weighted by Crippen LogP contribution is 2.32. The van der Waals surface area contributed by atoms with E-state index in [9.17, 15) is 9.00 Å². The van der Waals surface area contributed by atoms with Crippen molar-refractivity contribution in [3.05, 3.63) is 0 Å². The number of carbonyl (C=O) groups excluding carboxylic acids is 1. The Kier molecular flexibility index (Phi) is 2.29. The van der Waals surface area contributed by atoms with Crippen molar-refractivity contribution < 1.29 is 9.00 Å². The Morgan fingerprint density at radius 2 is 2.07 bits per heavy atom. The topological polar surface area (TPSA) is 61.2 Å². The van der Waals surface area contributed by atoms with Crippen molar-refractivity contribution in [2.24, 2.45) is 5.92 Å². The van der Waals surface area contributed by atoms with Crippen molar-refractivity contribution in [2.75, 3.05) is 18.6 Å². The molecule has 1 N–H and O–H groups in total. The lowest BCUT2D eigenvalue weighted by atomic mass is 10.2. The molecule has 1 saturated heterocycles. The van der Waals surface area contributed by atoms with E-state index in [4.69, 9.17) is 4.78 Å². The van der Waals surface area contributed by atoms with Crippen LogP contribution in [-0.2, 0) is 14.5 Å². The second-order valence-electron chi connectivity index (χ2n) is 4.35. The van der Waals surface area contributed by atoms with Crippen LogP contribution in [-0.4, -0.2) is 39.6 Å². The summed E-state index contributed by atoms with van der Waals surface area (Å²) in [7, 11) is -0.589. The number of nitrogens with one attached hydrogen (secondary N) is 1. The van der Waals surface area contributed by atoms with Gasteiger partial charge in [0.1, 0.15) is 0 Å². The van der Waals surface area contributed by atoms with E-state index in [2.05, 4.69) is 0 Å². The molecule has 14 heavy (non-hydrogen) atoms. The van der Waals surface area contributed by atoms with Gasteiger partial charge >= 0.3 is 0 Å². The Bertz CT molecular complexity index is 346. The monoisotopic (exact) mass is 216 g/mol. The van der Waals surface area contributed by atoms with Crippen LogP contribution in [0.4, 0.5) is 0 Å². The lowest BCUT2D eigenvalue weighted by Gasteiger charge is -2.23. The van der Waals surface area contributed by atoms with E-state index in [1.54, 1.807) is 11.9 Å². The summed E-state index contributed by atoms with van der Waals surface area (Å²) in [5, 5.41) is 0. The lowest BCUT2D eigenvalue weighted by molar-refractivity contribution is -0.132. The van der Waals surface area contributed by atoms with Crippen LogP contribution >= 0.6 is 0 Å². The number of hydrogen-bond donors (Lipinski definition) is 1. The molecule has 1 amide bonds. The number of hydrogen-bond acceptors (Lipinski definition) is 3. The summed E-state index contributed by atoms with van der Waals surface area (Å²) in [5.41, 5.74) is 0. The fourth-order valence-corrected chi connectivity index (χ4v) is 3.74. The van der Waals surface area contributed by atoms with Crippen LogP contribution in [0.25, 0.3) is 0 Å². The van der Waals surface area contributed by atoms with Gasteiger partial charge in [-0.2, -0.15) is 0 Å². The zero-order valence-corrected chi connectivity index (χ0v) is 9.18. The van der Waals surface area contributed by atoms with Crippen LogP contribution in [0.5, 0.6) is 0 Å². The number of carbonyl (C=O) groups is 1. The van der Waals surface area contributed by atoms with Gasteiger partial charge in [0, 0.05) is 34.5 Å². The van der Waals surface area contributed by atoms with Crippen LogP contribution in [0, 0.1) is 10.7 Å². The van der Waals surface area contributed by atoms with Crippen LogP contribution in [0.2, 0.25) is 0 Å². The SMILES string of the molecule is CN(C(=O)C1CC1)C1CCS(=N)(=O)C1. The Hall–Kier alpha value is -0.580. The fraction of sp³-hybridized carbons (Fsp3) is 0.889. The molecule has 2 fully saturated rings. The predicted molar refractivity (Wildman–Crippen MR) is 54.5 cm³/mol. The zero-order chi connectivity index (χ0) is 10.3. The molecule has 0 bridgehead atoms. The predicted octanol–water partition coefficient (Wildman–Crippen LogP) is 0.674. The maximum absolute atomic E-state index is 11.7. The van der Waals surface area contributed by atoms with Gasteiger partial charge in [0.05, 0.1) is 5.75 Å². The Morgan fingerprint density at radius 1 is 1.43 bits per heavy atom. The van der Waals surface area contributed by atoms with Gasteiger partial charge in [-0.15, -0.1) is 0 Å². The van der Waals surface area contributed by atoms with Crippen molar-refractivity contribution in [1.82, 2.24) is 4.90 Å². The summed E-state index contributed by atoms with van der Waals surface area (Å²) in [6.07, 6.45) is 2.75. The first kappa shape index (κ1) is 9.96. The Morgan fingerprint density at radius 3 is 2.50 bits per heavy atom. The summed E-state index contributed by atoms with van der Waals surface area (Å²) in [5.74, 6) is 1.25. The molecule has 1 aliphatic heterocycles. The highest BCUT2D eigenvalue weighted by atomic mass is 32.2. The van der Waals surface area contributed by atoms with Gasteiger partial charge in [-0.3, -0.25) is 9.57 Å². The molecule has 80 valence electrons. The maximum atomic E-state index is 11.7. The van der Waals surface area contributed by atoms with Crippen LogP contribution < -0.4 is 0 Å². The van der Waals surface area contributed by atoms with Gasteiger partial charge in [-0.05, 0) is 19.3 Å². The minimum atomic E-state index is -2.37. The molecule has 1 heterocycles. The third-order valence-corrected chi connectivity index (χ3v) is 4.88. The Labute approximate surface area is 84.6 Å².